The van der Waals surface area contributed by atoms with Crippen LogP contribution in [-0.4, -0.2) is 16.8 Å². The molecule has 0 saturated carbocycles. The van der Waals surface area contributed by atoms with Gasteiger partial charge in [0.2, 0.25) is 5.91 Å². The highest BCUT2D eigenvalue weighted by Gasteiger charge is 2.10. The number of hydrogen-bond acceptors (Lipinski definition) is 4. The van der Waals surface area contributed by atoms with Crippen LogP contribution in [0.1, 0.15) is 23.7 Å². The molecule has 0 aliphatic heterocycles. The van der Waals surface area contributed by atoms with Crippen LogP contribution in [0.2, 0.25) is 0 Å². The summed E-state index contributed by atoms with van der Waals surface area (Å²) < 4.78 is 14.0. The molecule has 0 saturated heterocycles. The summed E-state index contributed by atoms with van der Waals surface area (Å²) in [6.45, 7) is 1.77. The summed E-state index contributed by atoms with van der Waals surface area (Å²) in [5, 5.41) is 5.96. The van der Waals surface area contributed by atoms with Crippen molar-refractivity contribution in [1.82, 2.24) is 4.98 Å². The largest absolute Gasteiger partial charge is 0.322 e. The van der Waals surface area contributed by atoms with Crippen LogP contribution in [0.15, 0.2) is 42.5 Å². The van der Waals surface area contributed by atoms with Crippen molar-refractivity contribution in [2.75, 3.05) is 10.6 Å². The first-order valence-electron chi connectivity index (χ1n) is 7.32. The number of carbonyl (C=O) groups excluding carboxylic acids is 2. The number of fused-ring (bicyclic) bond motifs is 1. The monoisotopic (exact) mass is 343 g/mol. The molecule has 2 aromatic carbocycles. The first-order valence-corrected chi connectivity index (χ1v) is 8.14. The van der Waals surface area contributed by atoms with Gasteiger partial charge in [-0.3, -0.25) is 9.59 Å². The fourth-order valence-electron chi connectivity index (χ4n) is 2.10. The molecule has 0 aliphatic carbocycles. The van der Waals surface area contributed by atoms with Crippen LogP contribution in [0, 0.1) is 5.82 Å². The molecule has 0 bridgehead atoms. The third-order valence-corrected chi connectivity index (χ3v) is 4.23. The van der Waals surface area contributed by atoms with E-state index in [2.05, 4.69) is 15.6 Å². The number of anilines is 2. The van der Waals surface area contributed by atoms with Gasteiger partial charge in [0.05, 0.1) is 10.2 Å². The van der Waals surface area contributed by atoms with Crippen molar-refractivity contribution in [3.63, 3.8) is 0 Å². The van der Waals surface area contributed by atoms with Crippen molar-refractivity contribution in [3.05, 3.63) is 53.8 Å². The molecule has 24 heavy (non-hydrogen) atoms. The number of hydrogen-bond donors (Lipinski definition) is 2. The Hall–Kier alpha value is -2.80. The highest BCUT2D eigenvalue weighted by Crippen LogP contribution is 2.28. The summed E-state index contributed by atoms with van der Waals surface area (Å²) >= 11 is 1.33. The molecule has 1 aromatic heterocycles. The van der Waals surface area contributed by atoms with Gasteiger partial charge >= 0.3 is 0 Å². The molecule has 0 spiro atoms. The Bertz CT molecular complexity index is 923. The van der Waals surface area contributed by atoms with E-state index in [4.69, 9.17) is 0 Å². The fraction of sp³-hybridized carbons (Fsp3) is 0.118. The van der Waals surface area contributed by atoms with E-state index in [0.29, 0.717) is 17.2 Å². The van der Waals surface area contributed by atoms with Crippen molar-refractivity contribution >= 4 is 44.2 Å². The number of halogens is 1. The second-order valence-electron chi connectivity index (χ2n) is 5.07. The molecule has 7 heteroatoms. The SMILES string of the molecule is CCC(=O)Nc1nc2ccc(NC(=O)c3cccc(F)c3)cc2s1. The molecule has 0 aliphatic rings. The Morgan fingerprint density at radius 2 is 2.00 bits per heavy atom. The molecule has 122 valence electrons. The minimum Gasteiger partial charge on any atom is -0.322 e. The smallest absolute Gasteiger partial charge is 0.255 e. The van der Waals surface area contributed by atoms with Crippen LogP contribution >= 0.6 is 11.3 Å². The van der Waals surface area contributed by atoms with Crippen LogP contribution in [0.5, 0.6) is 0 Å². The van der Waals surface area contributed by atoms with Gasteiger partial charge in [0.25, 0.3) is 5.91 Å². The van der Waals surface area contributed by atoms with Crippen LogP contribution < -0.4 is 10.6 Å². The van der Waals surface area contributed by atoms with E-state index in [-0.39, 0.29) is 11.5 Å². The minimum atomic E-state index is -0.461. The summed E-state index contributed by atoms with van der Waals surface area (Å²) in [5.41, 5.74) is 1.55. The average Bonchev–Trinajstić information content (AvgIpc) is 2.96. The number of carbonyl (C=O) groups is 2. The molecule has 1 heterocycles. The third-order valence-electron chi connectivity index (χ3n) is 3.30. The number of nitrogens with one attached hydrogen (secondary N) is 2. The third kappa shape index (κ3) is 3.57. The fourth-order valence-corrected chi connectivity index (χ4v) is 3.02. The van der Waals surface area contributed by atoms with E-state index < -0.39 is 11.7 Å². The maximum Gasteiger partial charge on any atom is 0.255 e. The Balaban J connectivity index is 1.80. The number of rotatable bonds is 4. The molecule has 0 radical (unpaired) electrons. The zero-order valence-electron chi connectivity index (χ0n) is 12.8. The second-order valence-corrected chi connectivity index (χ2v) is 6.10. The number of amides is 2. The molecule has 0 unspecified atom stereocenters. The predicted octanol–water partition coefficient (Wildman–Crippen LogP) is 4.04. The molecule has 0 fully saturated rings. The van der Waals surface area contributed by atoms with Gasteiger partial charge in [-0.25, -0.2) is 9.37 Å². The number of aromatic nitrogens is 1. The van der Waals surface area contributed by atoms with Crippen LogP contribution in [0.3, 0.4) is 0 Å². The van der Waals surface area contributed by atoms with Gasteiger partial charge in [-0.15, -0.1) is 0 Å². The lowest BCUT2D eigenvalue weighted by Gasteiger charge is -2.05. The van der Waals surface area contributed by atoms with Crippen LogP contribution in [-0.2, 0) is 4.79 Å². The van der Waals surface area contributed by atoms with Gasteiger partial charge in [-0.2, -0.15) is 0 Å². The Kier molecular flexibility index (Phi) is 4.52. The van der Waals surface area contributed by atoms with E-state index in [0.717, 1.165) is 10.2 Å². The number of nitrogens with zero attached hydrogens (tertiary/aromatic N) is 1. The first-order chi connectivity index (χ1) is 11.5. The molecule has 3 rings (SSSR count). The van der Waals surface area contributed by atoms with Crippen LogP contribution in [0.4, 0.5) is 15.2 Å². The van der Waals surface area contributed by atoms with Crippen molar-refractivity contribution in [2.45, 2.75) is 13.3 Å². The highest BCUT2D eigenvalue weighted by atomic mass is 32.1. The topological polar surface area (TPSA) is 71.1 Å². The van der Waals surface area contributed by atoms with Gasteiger partial charge in [0.1, 0.15) is 5.82 Å². The minimum absolute atomic E-state index is 0.103. The number of benzene rings is 2. The van der Waals surface area contributed by atoms with Crippen molar-refractivity contribution in [1.29, 1.82) is 0 Å². The lowest BCUT2D eigenvalue weighted by Crippen LogP contribution is -2.11. The zero-order chi connectivity index (χ0) is 17.1. The quantitative estimate of drug-likeness (QED) is 0.751. The maximum absolute atomic E-state index is 13.2. The summed E-state index contributed by atoms with van der Waals surface area (Å²) in [4.78, 5) is 27.9. The standard InChI is InChI=1S/C17H14FN3O2S/c1-2-15(22)21-17-20-13-7-6-12(9-14(13)24-17)19-16(23)10-4-3-5-11(18)8-10/h3-9H,2H2,1H3,(H,19,23)(H,20,21,22). The molecule has 2 N–H and O–H groups in total. The molecule has 5 nitrogen and oxygen atoms in total. The highest BCUT2D eigenvalue weighted by molar-refractivity contribution is 7.22. The average molecular weight is 343 g/mol. The molecule has 0 atom stereocenters. The van der Waals surface area contributed by atoms with Gasteiger partial charge in [0.15, 0.2) is 5.13 Å². The Morgan fingerprint density at radius 1 is 1.17 bits per heavy atom. The Labute approximate surface area is 141 Å². The predicted molar refractivity (Wildman–Crippen MR) is 92.9 cm³/mol. The summed E-state index contributed by atoms with van der Waals surface area (Å²) in [7, 11) is 0. The lowest BCUT2D eigenvalue weighted by molar-refractivity contribution is -0.115. The van der Waals surface area contributed by atoms with Gasteiger partial charge in [-0.1, -0.05) is 24.3 Å². The van der Waals surface area contributed by atoms with E-state index in [1.54, 1.807) is 31.2 Å². The first kappa shape index (κ1) is 16.1. The van der Waals surface area contributed by atoms with E-state index in [9.17, 15) is 14.0 Å². The number of thiazole rings is 1. The van der Waals surface area contributed by atoms with Gasteiger partial charge in [0, 0.05) is 17.7 Å². The van der Waals surface area contributed by atoms with Crippen molar-refractivity contribution in [3.8, 4) is 0 Å². The van der Waals surface area contributed by atoms with E-state index >= 15 is 0 Å². The van der Waals surface area contributed by atoms with Crippen molar-refractivity contribution < 1.29 is 14.0 Å². The Morgan fingerprint density at radius 3 is 2.75 bits per heavy atom. The summed E-state index contributed by atoms with van der Waals surface area (Å²) in [5.74, 6) is -0.955. The summed E-state index contributed by atoms with van der Waals surface area (Å²) in [6, 6.07) is 10.7. The zero-order valence-corrected chi connectivity index (χ0v) is 13.6. The van der Waals surface area contributed by atoms with Crippen molar-refractivity contribution in [2.24, 2.45) is 0 Å². The van der Waals surface area contributed by atoms with E-state index in [1.165, 1.54) is 29.5 Å². The maximum atomic E-state index is 13.2. The normalized spacial score (nSPS) is 10.6. The molecule has 3 aromatic rings. The lowest BCUT2D eigenvalue weighted by atomic mass is 10.2. The van der Waals surface area contributed by atoms with Gasteiger partial charge < -0.3 is 10.6 Å². The second kappa shape index (κ2) is 6.76. The van der Waals surface area contributed by atoms with Crippen LogP contribution in [0.25, 0.3) is 10.2 Å². The summed E-state index contributed by atoms with van der Waals surface area (Å²) in [6.07, 6.45) is 0.380. The van der Waals surface area contributed by atoms with E-state index in [1.807, 2.05) is 0 Å². The molecular weight excluding hydrogens is 329 g/mol. The molecule has 2 amide bonds. The van der Waals surface area contributed by atoms with Gasteiger partial charge in [-0.05, 0) is 36.4 Å². The molecular formula is C17H14FN3O2S.